The molecule has 3 rings (SSSR count). The second kappa shape index (κ2) is 4.33. The van der Waals surface area contributed by atoms with Crippen molar-refractivity contribution in [1.82, 2.24) is 9.55 Å². The molecular formula is C12H14N2O4. The fraction of sp³-hybridized carbons (Fsp3) is 0.417. The molecule has 1 aliphatic rings. The normalized spacial score (nSPS) is 32.2. The fourth-order valence-electron chi connectivity index (χ4n) is 2.32. The fourth-order valence-corrected chi connectivity index (χ4v) is 2.32. The highest BCUT2D eigenvalue weighted by Crippen LogP contribution is 2.31. The number of pyridine rings is 1. The standard InChI is InChI=1S/C12H14N2O4/c15-6-9-10(16)11(17)12(18-9)14-5-3-7-8(14)2-1-4-13-7/h1-5,9-12,15-17H,6H2/t9-,10?,11+,12-/m1/s1. The van der Waals surface area contributed by atoms with Gasteiger partial charge in [-0.1, -0.05) is 0 Å². The van der Waals surface area contributed by atoms with Gasteiger partial charge < -0.3 is 24.6 Å². The highest BCUT2D eigenvalue weighted by molar-refractivity contribution is 5.75. The van der Waals surface area contributed by atoms with Gasteiger partial charge in [0.25, 0.3) is 0 Å². The summed E-state index contributed by atoms with van der Waals surface area (Å²) in [5.74, 6) is 0. The summed E-state index contributed by atoms with van der Waals surface area (Å²) < 4.78 is 7.19. The van der Waals surface area contributed by atoms with Crippen LogP contribution in [0.15, 0.2) is 30.6 Å². The molecule has 3 N–H and O–H groups in total. The Morgan fingerprint density at radius 1 is 1.28 bits per heavy atom. The van der Waals surface area contributed by atoms with E-state index < -0.39 is 24.5 Å². The third-order valence-corrected chi connectivity index (χ3v) is 3.28. The van der Waals surface area contributed by atoms with Gasteiger partial charge in [0.05, 0.1) is 17.6 Å². The van der Waals surface area contributed by atoms with Crippen LogP contribution in [-0.4, -0.2) is 49.8 Å². The molecule has 0 radical (unpaired) electrons. The van der Waals surface area contributed by atoms with Gasteiger partial charge >= 0.3 is 0 Å². The zero-order chi connectivity index (χ0) is 12.7. The SMILES string of the molecule is OC[C@H]1O[C@@H](n2ccc3ncccc32)[C@@H](O)C1O. The summed E-state index contributed by atoms with van der Waals surface area (Å²) in [4.78, 5) is 4.19. The maximum Gasteiger partial charge on any atom is 0.163 e. The Bertz CT molecular complexity index is 556. The van der Waals surface area contributed by atoms with Gasteiger partial charge in [0, 0.05) is 12.4 Å². The summed E-state index contributed by atoms with van der Waals surface area (Å²) in [5.41, 5.74) is 1.60. The van der Waals surface area contributed by atoms with Crippen LogP contribution < -0.4 is 0 Å². The highest BCUT2D eigenvalue weighted by atomic mass is 16.6. The predicted molar refractivity (Wildman–Crippen MR) is 62.7 cm³/mol. The number of aliphatic hydroxyl groups is 3. The van der Waals surface area contributed by atoms with E-state index >= 15 is 0 Å². The van der Waals surface area contributed by atoms with Crippen molar-refractivity contribution in [2.45, 2.75) is 24.5 Å². The van der Waals surface area contributed by atoms with E-state index in [2.05, 4.69) is 4.98 Å². The van der Waals surface area contributed by atoms with E-state index in [1.807, 2.05) is 12.1 Å². The number of aliphatic hydroxyl groups excluding tert-OH is 3. The minimum Gasteiger partial charge on any atom is -0.394 e. The minimum atomic E-state index is -1.09. The lowest BCUT2D eigenvalue weighted by Crippen LogP contribution is -2.33. The van der Waals surface area contributed by atoms with Crippen LogP contribution in [0, 0.1) is 0 Å². The lowest BCUT2D eigenvalue weighted by molar-refractivity contribution is -0.0506. The first-order chi connectivity index (χ1) is 8.72. The molecule has 6 heteroatoms. The lowest BCUT2D eigenvalue weighted by Gasteiger charge is -2.17. The molecule has 1 fully saturated rings. The molecule has 0 aliphatic carbocycles. The second-order valence-corrected chi connectivity index (χ2v) is 4.36. The number of nitrogens with zero attached hydrogens (tertiary/aromatic N) is 2. The smallest absolute Gasteiger partial charge is 0.163 e. The third kappa shape index (κ3) is 1.62. The van der Waals surface area contributed by atoms with Crippen LogP contribution in [0.4, 0.5) is 0 Å². The van der Waals surface area contributed by atoms with Crippen LogP contribution in [0.5, 0.6) is 0 Å². The number of ether oxygens (including phenoxy) is 1. The summed E-state index contributed by atoms with van der Waals surface area (Å²) in [6.07, 6.45) is -0.202. The Morgan fingerprint density at radius 3 is 2.83 bits per heavy atom. The largest absolute Gasteiger partial charge is 0.394 e. The van der Waals surface area contributed by atoms with Crippen molar-refractivity contribution in [2.75, 3.05) is 6.61 Å². The van der Waals surface area contributed by atoms with Gasteiger partial charge in [-0.05, 0) is 18.2 Å². The van der Waals surface area contributed by atoms with Crippen LogP contribution in [-0.2, 0) is 4.74 Å². The number of fused-ring (bicyclic) bond motifs is 1. The molecule has 18 heavy (non-hydrogen) atoms. The Balaban J connectivity index is 2.00. The van der Waals surface area contributed by atoms with Gasteiger partial charge in [-0.25, -0.2) is 0 Å². The maximum atomic E-state index is 9.96. The number of aromatic nitrogens is 2. The van der Waals surface area contributed by atoms with E-state index in [0.717, 1.165) is 11.0 Å². The van der Waals surface area contributed by atoms with E-state index in [-0.39, 0.29) is 6.61 Å². The van der Waals surface area contributed by atoms with Crippen molar-refractivity contribution >= 4 is 11.0 Å². The molecule has 2 aromatic heterocycles. The molecule has 0 saturated carbocycles. The number of hydrogen-bond donors (Lipinski definition) is 3. The van der Waals surface area contributed by atoms with Crippen LogP contribution in [0.25, 0.3) is 11.0 Å². The first-order valence-corrected chi connectivity index (χ1v) is 5.76. The summed E-state index contributed by atoms with van der Waals surface area (Å²) >= 11 is 0. The van der Waals surface area contributed by atoms with Crippen LogP contribution in [0.3, 0.4) is 0 Å². The molecule has 4 atom stereocenters. The van der Waals surface area contributed by atoms with Crippen molar-refractivity contribution in [2.24, 2.45) is 0 Å². The van der Waals surface area contributed by atoms with Crippen molar-refractivity contribution < 1.29 is 20.1 Å². The van der Waals surface area contributed by atoms with Gasteiger partial charge in [0.15, 0.2) is 6.23 Å². The average Bonchev–Trinajstić information content (AvgIpc) is 2.93. The number of hydrogen-bond acceptors (Lipinski definition) is 5. The Kier molecular flexibility index (Phi) is 2.79. The first kappa shape index (κ1) is 11.6. The topological polar surface area (TPSA) is 87.7 Å². The Morgan fingerprint density at radius 2 is 2.11 bits per heavy atom. The molecular weight excluding hydrogens is 236 g/mol. The first-order valence-electron chi connectivity index (χ1n) is 5.76. The molecule has 0 amide bonds. The molecule has 1 saturated heterocycles. The molecule has 2 aromatic rings. The molecule has 1 unspecified atom stereocenters. The van der Waals surface area contributed by atoms with Gasteiger partial charge in [-0.2, -0.15) is 0 Å². The maximum absolute atomic E-state index is 9.96. The molecule has 0 bridgehead atoms. The Labute approximate surface area is 103 Å². The number of rotatable bonds is 2. The van der Waals surface area contributed by atoms with Crippen molar-refractivity contribution in [3.63, 3.8) is 0 Å². The van der Waals surface area contributed by atoms with Gasteiger partial charge in [-0.3, -0.25) is 4.98 Å². The monoisotopic (exact) mass is 250 g/mol. The van der Waals surface area contributed by atoms with Crippen LogP contribution in [0.1, 0.15) is 6.23 Å². The quantitative estimate of drug-likeness (QED) is 0.678. The molecule has 6 nitrogen and oxygen atoms in total. The van der Waals surface area contributed by atoms with Crippen molar-refractivity contribution in [1.29, 1.82) is 0 Å². The molecule has 3 heterocycles. The van der Waals surface area contributed by atoms with Gasteiger partial charge in [0.1, 0.15) is 18.3 Å². The van der Waals surface area contributed by atoms with E-state index in [9.17, 15) is 10.2 Å². The molecule has 0 aromatic carbocycles. The van der Waals surface area contributed by atoms with Crippen LogP contribution in [0.2, 0.25) is 0 Å². The minimum absolute atomic E-state index is 0.327. The second-order valence-electron chi connectivity index (χ2n) is 4.36. The van der Waals surface area contributed by atoms with Crippen LogP contribution >= 0.6 is 0 Å². The Hall–Kier alpha value is -1.47. The van der Waals surface area contributed by atoms with Gasteiger partial charge in [-0.15, -0.1) is 0 Å². The molecule has 0 spiro atoms. The molecule has 1 aliphatic heterocycles. The van der Waals surface area contributed by atoms with E-state index in [4.69, 9.17) is 9.84 Å². The zero-order valence-electron chi connectivity index (χ0n) is 9.55. The van der Waals surface area contributed by atoms with Crippen molar-refractivity contribution in [3.05, 3.63) is 30.6 Å². The summed E-state index contributed by atoms with van der Waals surface area (Å²) in [7, 11) is 0. The van der Waals surface area contributed by atoms with E-state index in [1.165, 1.54) is 0 Å². The van der Waals surface area contributed by atoms with Gasteiger partial charge in [0.2, 0.25) is 0 Å². The third-order valence-electron chi connectivity index (χ3n) is 3.28. The zero-order valence-corrected chi connectivity index (χ0v) is 9.55. The lowest BCUT2D eigenvalue weighted by atomic mass is 10.1. The summed E-state index contributed by atoms with van der Waals surface area (Å²) in [5, 5.41) is 28.8. The van der Waals surface area contributed by atoms with E-state index in [1.54, 1.807) is 23.0 Å². The average molecular weight is 250 g/mol. The summed E-state index contributed by atoms with van der Waals surface area (Å²) in [6.45, 7) is -0.327. The molecule has 96 valence electrons. The highest BCUT2D eigenvalue weighted by Gasteiger charge is 2.43. The van der Waals surface area contributed by atoms with Crippen molar-refractivity contribution in [3.8, 4) is 0 Å². The summed E-state index contributed by atoms with van der Waals surface area (Å²) in [6, 6.07) is 5.46. The van der Waals surface area contributed by atoms with E-state index in [0.29, 0.717) is 0 Å². The predicted octanol–water partition coefficient (Wildman–Crippen LogP) is -0.352.